The maximum absolute atomic E-state index is 11.1. The number of rotatable bonds is 6. The smallest absolute Gasteiger partial charge is 0.283 e. The summed E-state index contributed by atoms with van der Waals surface area (Å²) in [5.74, 6) is 0. The van der Waals surface area contributed by atoms with Crippen LogP contribution in [0.2, 0.25) is 0 Å². The second-order valence-electron chi connectivity index (χ2n) is 4.75. The normalized spacial score (nSPS) is 19.9. The minimum absolute atomic E-state index is 0.534. The van der Waals surface area contributed by atoms with Crippen molar-refractivity contribution in [3.8, 4) is 0 Å². The average Bonchev–Trinajstić information content (AvgIpc) is 2.23. The Labute approximate surface area is 138 Å². The predicted octanol–water partition coefficient (Wildman–Crippen LogP) is -3.28. The first-order valence-corrected chi connectivity index (χ1v) is 11.8. The molecule has 4 N–H and O–H groups in total. The van der Waals surface area contributed by atoms with Crippen molar-refractivity contribution in [2.45, 2.75) is 9.41 Å². The number of hydrogen-bond acceptors (Lipinski definition) is 10. The lowest BCUT2D eigenvalue weighted by Gasteiger charge is -2.38. The lowest BCUT2D eigenvalue weighted by molar-refractivity contribution is 0.135. The second-order valence-corrected chi connectivity index (χ2v) is 11.2. The zero-order valence-electron chi connectivity index (χ0n) is 11.6. The lowest BCUT2D eigenvalue weighted by Crippen LogP contribution is -2.59. The zero-order chi connectivity index (χ0) is 19.1. The van der Waals surface area contributed by atoms with Gasteiger partial charge in [-0.15, -0.1) is 0 Å². The molecule has 0 aromatic rings. The molecule has 0 saturated carbocycles. The summed E-state index contributed by atoms with van der Waals surface area (Å²) in [7, 11) is -21.1. The van der Waals surface area contributed by atoms with E-state index in [0.717, 1.165) is 0 Å². The maximum Gasteiger partial charge on any atom is 0.298 e. The third-order valence-electron chi connectivity index (χ3n) is 2.96. The van der Waals surface area contributed by atoms with E-state index in [2.05, 4.69) is 0 Å². The minimum Gasteiger partial charge on any atom is -0.283 e. The Kier molecular flexibility index (Phi) is 6.03. The topological polar surface area (TPSA) is 224 Å². The van der Waals surface area contributed by atoms with E-state index in [4.69, 9.17) is 18.2 Å². The fraction of sp³-hybridized carbons (Fsp3) is 1.00. The molecule has 0 aromatic carbocycles. The molecule has 0 atom stereocenters. The van der Waals surface area contributed by atoms with Crippen LogP contribution < -0.4 is 0 Å². The van der Waals surface area contributed by atoms with Crippen molar-refractivity contribution in [3.05, 3.63) is 0 Å². The van der Waals surface area contributed by atoms with Gasteiger partial charge in [0.05, 0.1) is 0 Å². The molecule has 0 radical (unpaired) electrons. The van der Waals surface area contributed by atoms with E-state index in [1.165, 1.54) is 0 Å². The highest BCUT2D eigenvalue weighted by Crippen LogP contribution is 2.20. The van der Waals surface area contributed by atoms with Crippen LogP contribution in [0.15, 0.2) is 0 Å². The van der Waals surface area contributed by atoms with Crippen molar-refractivity contribution in [3.63, 3.8) is 0 Å². The summed E-state index contributed by atoms with van der Waals surface area (Å²) >= 11 is 0. The molecule has 0 bridgehead atoms. The third-order valence-corrected chi connectivity index (χ3v) is 9.11. The van der Waals surface area contributed by atoms with E-state index >= 15 is 0 Å². The van der Waals surface area contributed by atoms with E-state index in [-0.39, 0.29) is 0 Å². The van der Waals surface area contributed by atoms with Crippen molar-refractivity contribution >= 4 is 40.5 Å². The van der Waals surface area contributed by atoms with Crippen molar-refractivity contribution in [1.82, 2.24) is 9.80 Å². The molecule has 24 heavy (non-hydrogen) atoms. The molecule has 1 aliphatic heterocycles. The van der Waals surface area contributed by atoms with Gasteiger partial charge >= 0.3 is 0 Å². The first-order valence-electron chi connectivity index (χ1n) is 5.79. The molecule has 1 heterocycles. The van der Waals surface area contributed by atoms with Crippen molar-refractivity contribution in [2.75, 3.05) is 26.2 Å². The summed E-state index contributed by atoms with van der Waals surface area (Å²) in [6, 6.07) is 0. The standard InChI is InChI=1S/C6H14N2O12S4/c9-21(10,11)5(22(12,13)14)7-1-2-8(4-3-7)6(23(15,16)17)24(18,19)20/h5-6H,1-4H2,(H,9,10,11)(H,12,13,14)(H,15,16,17)(H,18,19,20). The first-order chi connectivity index (χ1) is 10.5. The highest BCUT2D eigenvalue weighted by Gasteiger charge is 2.46. The van der Waals surface area contributed by atoms with Gasteiger partial charge in [0.25, 0.3) is 49.9 Å². The molecule has 18 heteroatoms. The summed E-state index contributed by atoms with van der Waals surface area (Å²) in [5, 5.41) is 0. The molecule has 144 valence electrons. The highest BCUT2D eigenvalue weighted by molar-refractivity contribution is 8.04. The molecule has 0 aromatic heterocycles. The quantitative estimate of drug-likeness (QED) is 0.301. The molecule has 0 unspecified atom stereocenters. The minimum atomic E-state index is -5.28. The third kappa shape index (κ3) is 5.28. The van der Waals surface area contributed by atoms with Gasteiger partial charge in [0.15, 0.2) is 0 Å². The molecule has 1 fully saturated rings. The van der Waals surface area contributed by atoms with Crippen molar-refractivity contribution in [1.29, 1.82) is 0 Å². The molecule has 0 spiro atoms. The average molecular weight is 434 g/mol. The lowest BCUT2D eigenvalue weighted by atomic mass is 10.3. The molecule has 14 nitrogen and oxygen atoms in total. The second kappa shape index (κ2) is 6.70. The number of nitrogens with zero attached hydrogens (tertiary/aromatic N) is 2. The van der Waals surface area contributed by atoms with Gasteiger partial charge in [-0.3, -0.25) is 28.0 Å². The number of hydrogen-bond donors (Lipinski definition) is 4. The maximum atomic E-state index is 11.1. The van der Waals surface area contributed by atoms with E-state index in [1.54, 1.807) is 0 Å². The number of piperazine rings is 1. The van der Waals surface area contributed by atoms with E-state index in [9.17, 15) is 33.7 Å². The van der Waals surface area contributed by atoms with Crippen LogP contribution >= 0.6 is 0 Å². The molecule has 0 aliphatic carbocycles. The Morgan fingerprint density at radius 3 is 0.792 bits per heavy atom. The van der Waals surface area contributed by atoms with Gasteiger partial charge in [-0.1, -0.05) is 0 Å². The van der Waals surface area contributed by atoms with E-state index in [0.29, 0.717) is 9.80 Å². The van der Waals surface area contributed by atoms with Crippen molar-refractivity contribution in [2.24, 2.45) is 0 Å². The highest BCUT2D eigenvalue weighted by atomic mass is 32.3. The van der Waals surface area contributed by atoms with Crippen LogP contribution in [0.5, 0.6) is 0 Å². The fourth-order valence-electron chi connectivity index (χ4n) is 2.22. The first kappa shape index (κ1) is 21.6. The van der Waals surface area contributed by atoms with Crippen molar-refractivity contribution < 1.29 is 51.9 Å². The largest absolute Gasteiger partial charge is 0.298 e. The van der Waals surface area contributed by atoms with Gasteiger partial charge in [-0.25, -0.2) is 0 Å². The SMILES string of the molecule is O=S(=O)(O)C(N1CCN(C(S(=O)(=O)O)S(=O)(=O)O)CC1)S(=O)(=O)O. The molecular weight excluding hydrogens is 420 g/mol. The Balaban J connectivity index is 3.09. The monoisotopic (exact) mass is 434 g/mol. The molecule has 0 amide bonds. The van der Waals surface area contributed by atoms with Gasteiger partial charge in [0.2, 0.25) is 0 Å². The van der Waals surface area contributed by atoms with Gasteiger partial charge in [-0.05, 0) is 0 Å². The Hall–Kier alpha value is -0.440. The van der Waals surface area contributed by atoms with Gasteiger partial charge < -0.3 is 0 Å². The van der Waals surface area contributed by atoms with E-state index in [1.807, 2.05) is 0 Å². The summed E-state index contributed by atoms with van der Waals surface area (Å²) in [6.07, 6.45) is 0. The molecular formula is C6H14N2O12S4. The van der Waals surface area contributed by atoms with Crippen LogP contribution in [-0.4, -0.2) is 97.3 Å². The van der Waals surface area contributed by atoms with Gasteiger partial charge in [0.1, 0.15) is 0 Å². The van der Waals surface area contributed by atoms with Crippen LogP contribution in [0.1, 0.15) is 0 Å². The fourth-order valence-corrected chi connectivity index (χ4v) is 7.03. The predicted molar refractivity (Wildman–Crippen MR) is 76.9 cm³/mol. The zero-order valence-corrected chi connectivity index (χ0v) is 14.8. The Morgan fingerprint density at radius 2 is 0.667 bits per heavy atom. The summed E-state index contributed by atoms with van der Waals surface area (Å²) < 4.78 is 119. The van der Waals surface area contributed by atoms with Crippen LogP contribution in [0.25, 0.3) is 0 Å². The van der Waals surface area contributed by atoms with Crippen LogP contribution in [0, 0.1) is 0 Å². The van der Waals surface area contributed by atoms with Crippen LogP contribution in [0.3, 0.4) is 0 Å². The summed E-state index contributed by atoms with van der Waals surface area (Å²) in [5.41, 5.74) is 0. The summed E-state index contributed by atoms with van der Waals surface area (Å²) in [6.45, 7) is -2.53. The Bertz CT molecular complexity index is 739. The Morgan fingerprint density at radius 1 is 0.500 bits per heavy atom. The summed E-state index contributed by atoms with van der Waals surface area (Å²) in [4.78, 5) is 1.07. The van der Waals surface area contributed by atoms with Crippen LogP contribution in [-0.2, 0) is 40.5 Å². The van der Waals surface area contributed by atoms with E-state index < -0.39 is 76.1 Å². The van der Waals surface area contributed by atoms with Crippen LogP contribution in [0.4, 0.5) is 0 Å². The molecule has 1 aliphatic rings. The molecule has 1 saturated heterocycles. The van der Waals surface area contributed by atoms with Gasteiger partial charge in [0, 0.05) is 26.2 Å². The van der Waals surface area contributed by atoms with Gasteiger partial charge in [-0.2, -0.15) is 33.7 Å². The molecule has 1 rings (SSSR count).